The fourth-order valence-corrected chi connectivity index (χ4v) is 3.56. The monoisotopic (exact) mass is 411 g/mol. The van der Waals surface area contributed by atoms with E-state index in [0.717, 1.165) is 43.1 Å². The van der Waals surface area contributed by atoms with Crippen molar-refractivity contribution in [2.45, 2.75) is 25.4 Å². The molecule has 8 heteroatoms. The van der Waals surface area contributed by atoms with Gasteiger partial charge in [-0.3, -0.25) is 0 Å². The average molecular weight is 412 g/mol. The molecular weight excluding hydrogens is 390 g/mol. The molecule has 2 fully saturated rings. The maximum Gasteiger partial charge on any atom is 0.214 e. The van der Waals surface area contributed by atoms with Gasteiger partial charge in [-0.1, -0.05) is 11.6 Å². The Labute approximate surface area is 173 Å². The zero-order valence-electron chi connectivity index (χ0n) is 15.9. The summed E-state index contributed by atoms with van der Waals surface area (Å²) in [6.45, 7) is 2.53. The highest BCUT2D eigenvalue weighted by Crippen LogP contribution is 2.32. The topological polar surface area (TPSA) is 81.2 Å². The number of nitrogens with one attached hydrogen (secondary N) is 2. The van der Waals surface area contributed by atoms with E-state index in [0.29, 0.717) is 28.2 Å². The van der Waals surface area contributed by atoms with Gasteiger partial charge in [0.2, 0.25) is 5.88 Å². The quantitative estimate of drug-likeness (QED) is 0.609. The van der Waals surface area contributed by atoms with Crippen LogP contribution < -0.4 is 20.1 Å². The van der Waals surface area contributed by atoms with Gasteiger partial charge >= 0.3 is 0 Å². The second-order valence-electron chi connectivity index (χ2n) is 7.53. The van der Waals surface area contributed by atoms with E-state index in [1.807, 2.05) is 30.3 Å². The molecule has 0 bridgehead atoms. The van der Waals surface area contributed by atoms with E-state index in [1.54, 1.807) is 0 Å². The number of pyridine rings is 1. The van der Waals surface area contributed by atoms with E-state index < -0.39 is 0 Å². The molecule has 29 heavy (non-hydrogen) atoms. The standard InChI is InChI=1S/C21H22ClN5O2/c22-14-7-15(9-17(8-14)28-11-13-1-2-13)26-21-20-18(24-12-25-21)3-4-19(27-20)29-16-5-6-23-10-16/h3-4,7-9,12-13,16,23H,1-2,5-6,10-11H2,(H,24,25,26)/t16-/m0/s1. The van der Waals surface area contributed by atoms with Crippen molar-refractivity contribution in [2.24, 2.45) is 5.92 Å². The Hall–Kier alpha value is -2.64. The Balaban J connectivity index is 1.40. The number of aromatic nitrogens is 3. The molecule has 3 heterocycles. The zero-order valence-corrected chi connectivity index (χ0v) is 16.7. The van der Waals surface area contributed by atoms with Gasteiger partial charge in [-0.15, -0.1) is 0 Å². The Morgan fingerprint density at radius 1 is 1.14 bits per heavy atom. The highest BCUT2D eigenvalue weighted by Gasteiger charge is 2.22. The lowest BCUT2D eigenvalue weighted by atomic mass is 10.2. The molecule has 1 saturated carbocycles. The third kappa shape index (κ3) is 4.52. The highest BCUT2D eigenvalue weighted by atomic mass is 35.5. The molecule has 0 unspecified atom stereocenters. The van der Waals surface area contributed by atoms with Crippen LogP contribution in [0.1, 0.15) is 19.3 Å². The molecule has 1 saturated heterocycles. The molecular formula is C21H22ClN5O2. The van der Waals surface area contributed by atoms with E-state index >= 15 is 0 Å². The molecule has 2 aromatic heterocycles. The molecule has 0 radical (unpaired) electrons. The molecule has 1 aromatic carbocycles. The SMILES string of the molecule is Clc1cc(Nc2ncnc3ccc(O[C@H]4CCNC4)nc23)cc(OCC2CC2)c1. The van der Waals surface area contributed by atoms with Crippen molar-refractivity contribution < 1.29 is 9.47 Å². The maximum atomic E-state index is 6.29. The highest BCUT2D eigenvalue weighted by molar-refractivity contribution is 6.31. The summed E-state index contributed by atoms with van der Waals surface area (Å²) in [5.41, 5.74) is 2.18. The van der Waals surface area contributed by atoms with Crippen LogP contribution in [-0.4, -0.2) is 40.8 Å². The van der Waals surface area contributed by atoms with Crippen molar-refractivity contribution in [1.29, 1.82) is 0 Å². The fraction of sp³-hybridized carbons (Fsp3) is 0.381. The minimum absolute atomic E-state index is 0.139. The number of fused-ring (bicyclic) bond motifs is 1. The average Bonchev–Trinajstić information content (AvgIpc) is 3.41. The number of hydrogen-bond donors (Lipinski definition) is 2. The molecule has 1 atom stereocenters. The molecule has 1 aliphatic carbocycles. The van der Waals surface area contributed by atoms with Gasteiger partial charge in [-0.25, -0.2) is 15.0 Å². The Morgan fingerprint density at radius 2 is 2.07 bits per heavy atom. The Morgan fingerprint density at radius 3 is 2.90 bits per heavy atom. The summed E-state index contributed by atoms with van der Waals surface area (Å²) in [6, 6.07) is 9.33. The van der Waals surface area contributed by atoms with Crippen LogP contribution in [0.4, 0.5) is 11.5 Å². The third-order valence-corrected chi connectivity index (χ3v) is 5.29. The third-order valence-electron chi connectivity index (χ3n) is 5.08. The first-order valence-corrected chi connectivity index (χ1v) is 10.3. The summed E-state index contributed by atoms with van der Waals surface area (Å²) in [5, 5.41) is 7.20. The first kappa shape index (κ1) is 18.4. The summed E-state index contributed by atoms with van der Waals surface area (Å²) < 4.78 is 11.9. The summed E-state index contributed by atoms with van der Waals surface area (Å²) in [4.78, 5) is 13.3. The number of ether oxygens (including phenoxy) is 2. The van der Waals surface area contributed by atoms with E-state index in [1.165, 1.54) is 19.2 Å². The predicted molar refractivity (Wildman–Crippen MR) is 112 cm³/mol. The second kappa shape index (κ2) is 8.00. The largest absolute Gasteiger partial charge is 0.493 e. The second-order valence-corrected chi connectivity index (χ2v) is 7.96. The van der Waals surface area contributed by atoms with Gasteiger partial charge < -0.3 is 20.1 Å². The zero-order chi connectivity index (χ0) is 19.6. The molecule has 1 aliphatic heterocycles. The van der Waals surface area contributed by atoms with Crippen LogP contribution in [0.3, 0.4) is 0 Å². The molecule has 7 nitrogen and oxygen atoms in total. The van der Waals surface area contributed by atoms with Gasteiger partial charge in [0.25, 0.3) is 0 Å². The number of anilines is 2. The molecule has 2 aliphatic rings. The van der Waals surface area contributed by atoms with Crippen LogP contribution in [-0.2, 0) is 0 Å². The van der Waals surface area contributed by atoms with E-state index in [2.05, 4.69) is 25.6 Å². The minimum Gasteiger partial charge on any atom is -0.493 e. The van der Waals surface area contributed by atoms with Crippen LogP contribution in [0.2, 0.25) is 5.02 Å². The lowest BCUT2D eigenvalue weighted by Crippen LogP contribution is -2.20. The van der Waals surface area contributed by atoms with Crippen LogP contribution in [0.5, 0.6) is 11.6 Å². The molecule has 2 N–H and O–H groups in total. The fourth-order valence-electron chi connectivity index (χ4n) is 3.33. The van der Waals surface area contributed by atoms with Gasteiger partial charge in [0.1, 0.15) is 23.7 Å². The maximum absolute atomic E-state index is 6.29. The number of halogens is 1. The van der Waals surface area contributed by atoms with Crippen LogP contribution >= 0.6 is 11.6 Å². The molecule has 150 valence electrons. The van der Waals surface area contributed by atoms with Crippen molar-refractivity contribution in [3.63, 3.8) is 0 Å². The number of nitrogens with zero attached hydrogens (tertiary/aromatic N) is 3. The molecule has 0 spiro atoms. The summed E-state index contributed by atoms with van der Waals surface area (Å²) in [7, 11) is 0. The number of hydrogen-bond acceptors (Lipinski definition) is 7. The summed E-state index contributed by atoms with van der Waals surface area (Å²) in [5.74, 6) is 2.59. The number of benzene rings is 1. The summed E-state index contributed by atoms with van der Waals surface area (Å²) >= 11 is 6.29. The minimum atomic E-state index is 0.139. The van der Waals surface area contributed by atoms with Crippen LogP contribution in [0.25, 0.3) is 11.0 Å². The van der Waals surface area contributed by atoms with Gasteiger partial charge in [-0.2, -0.15) is 0 Å². The molecule has 5 rings (SSSR count). The predicted octanol–water partition coefficient (Wildman–Crippen LogP) is 3.95. The van der Waals surface area contributed by atoms with Crippen molar-refractivity contribution in [2.75, 3.05) is 25.0 Å². The Bertz CT molecular complexity index is 1020. The lowest BCUT2D eigenvalue weighted by Gasteiger charge is -2.13. The van der Waals surface area contributed by atoms with Crippen molar-refractivity contribution in [1.82, 2.24) is 20.3 Å². The van der Waals surface area contributed by atoms with E-state index in [4.69, 9.17) is 21.1 Å². The number of rotatable bonds is 7. The summed E-state index contributed by atoms with van der Waals surface area (Å²) in [6.07, 6.45) is 5.11. The lowest BCUT2D eigenvalue weighted by molar-refractivity contribution is 0.215. The Kier molecular flexibility index (Phi) is 5.08. The van der Waals surface area contributed by atoms with E-state index in [9.17, 15) is 0 Å². The van der Waals surface area contributed by atoms with Gasteiger partial charge in [0.15, 0.2) is 5.82 Å². The van der Waals surface area contributed by atoms with Gasteiger partial charge in [0.05, 0.1) is 12.1 Å². The molecule has 3 aromatic rings. The van der Waals surface area contributed by atoms with Crippen LogP contribution in [0, 0.1) is 5.92 Å². The van der Waals surface area contributed by atoms with Crippen molar-refractivity contribution in [3.05, 3.63) is 41.7 Å². The van der Waals surface area contributed by atoms with Gasteiger partial charge in [-0.05, 0) is 49.9 Å². The smallest absolute Gasteiger partial charge is 0.214 e. The van der Waals surface area contributed by atoms with Crippen molar-refractivity contribution in [3.8, 4) is 11.6 Å². The van der Waals surface area contributed by atoms with Gasteiger partial charge in [0, 0.05) is 29.4 Å². The van der Waals surface area contributed by atoms with Crippen molar-refractivity contribution >= 4 is 34.1 Å². The van der Waals surface area contributed by atoms with Crippen LogP contribution in [0.15, 0.2) is 36.7 Å². The molecule has 0 amide bonds. The first-order valence-electron chi connectivity index (χ1n) is 9.92. The normalized spacial score (nSPS) is 18.7. The first-order chi connectivity index (χ1) is 14.2. The van der Waals surface area contributed by atoms with E-state index in [-0.39, 0.29) is 6.10 Å².